The van der Waals surface area contributed by atoms with Gasteiger partial charge in [-0.15, -0.1) is 0 Å². The smallest absolute Gasteiger partial charge is 0.147 e. The van der Waals surface area contributed by atoms with E-state index in [1.165, 1.54) is 16.3 Å². The second-order valence-corrected chi connectivity index (χ2v) is 10.4. The SMILES string of the molecule is c1ccc(N(c2ccccc2)c2ccc(-c3ccc(-c4ccnc(CNc5ccc6ccccc6c5)n4)cc3)cc2)cc1. The van der Waals surface area contributed by atoms with Gasteiger partial charge in [0.05, 0.1) is 12.2 Å². The van der Waals surface area contributed by atoms with Gasteiger partial charge in [0, 0.05) is 34.5 Å². The molecule has 0 spiro atoms. The molecular weight excluding hydrogens is 524 g/mol. The zero-order valence-corrected chi connectivity index (χ0v) is 23.6. The zero-order valence-electron chi connectivity index (χ0n) is 23.6. The van der Waals surface area contributed by atoms with Crippen molar-refractivity contribution in [3.63, 3.8) is 0 Å². The Morgan fingerprint density at radius 3 is 1.72 bits per heavy atom. The van der Waals surface area contributed by atoms with E-state index in [0.29, 0.717) is 6.54 Å². The highest BCUT2D eigenvalue weighted by Crippen LogP contribution is 2.35. The van der Waals surface area contributed by atoms with E-state index in [0.717, 1.165) is 45.4 Å². The first-order valence-electron chi connectivity index (χ1n) is 14.5. The fourth-order valence-electron chi connectivity index (χ4n) is 5.36. The molecule has 206 valence electrons. The van der Waals surface area contributed by atoms with Crippen LogP contribution in [0.3, 0.4) is 0 Å². The van der Waals surface area contributed by atoms with Gasteiger partial charge in [-0.3, -0.25) is 0 Å². The highest BCUT2D eigenvalue weighted by molar-refractivity contribution is 5.85. The third-order valence-electron chi connectivity index (χ3n) is 7.57. The lowest BCUT2D eigenvalue weighted by Gasteiger charge is -2.25. The third-order valence-corrected chi connectivity index (χ3v) is 7.57. The van der Waals surface area contributed by atoms with Gasteiger partial charge in [-0.1, -0.05) is 103 Å². The Morgan fingerprint density at radius 1 is 0.488 bits per heavy atom. The van der Waals surface area contributed by atoms with E-state index in [9.17, 15) is 0 Å². The molecule has 0 aliphatic carbocycles. The van der Waals surface area contributed by atoms with Gasteiger partial charge in [0.25, 0.3) is 0 Å². The van der Waals surface area contributed by atoms with Crippen molar-refractivity contribution in [2.24, 2.45) is 0 Å². The van der Waals surface area contributed by atoms with Gasteiger partial charge in [0.1, 0.15) is 5.82 Å². The van der Waals surface area contributed by atoms with Gasteiger partial charge in [0.15, 0.2) is 0 Å². The maximum atomic E-state index is 4.83. The molecule has 4 nitrogen and oxygen atoms in total. The van der Waals surface area contributed by atoms with Crippen molar-refractivity contribution in [1.29, 1.82) is 0 Å². The Labute approximate surface area is 252 Å². The van der Waals surface area contributed by atoms with Gasteiger partial charge in [0.2, 0.25) is 0 Å². The topological polar surface area (TPSA) is 41.1 Å². The Bertz CT molecular complexity index is 1910. The summed E-state index contributed by atoms with van der Waals surface area (Å²) in [6, 6.07) is 55.0. The normalized spacial score (nSPS) is 10.9. The molecule has 0 aliphatic heterocycles. The number of anilines is 4. The van der Waals surface area contributed by atoms with E-state index in [2.05, 4.69) is 155 Å². The van der Waals surface area contributed by atoms with Gasteiger partial charge >= 0.3 is 0 Å². The average molecular weight is 555 g/mol. The molecule has 0 radical (unpaired) electrons. The van der Waals surface area contributed by atoms with Crippen molar-refractivity contribution in [2.75, 3.05) is 10.2 Å². The second-order valence-electron chi connectivity index (χ2n) is 10.4. The molecule has 43 heavy (non-hydrogen) atoms. The van der Waals surface area contributed by atoms with Crippen molar-refractivity contribution in [2.45, 2.75) is 6.54 Å². The monoisotopic (exact) mass is 554 g/mol. The minimum Gasteiger partial charge on any atom is -0.378 e. The fourth-order valence-corrected chi connectivity index (χ4v) is 5.36. The van der Waals surface area contributed by atoms with Crippen LogP contribution in [0.15, 0.2) is 164 Å². The Hall–Kier alpha value is -5.74. The lowest BCUT2D eigenvalue weighted by atomic mass is 10.0. The molecule has 0 fully saturated rings. The number of rotatable bonds is 8. The van der Waals surface area contributed by atoms with Crippen LogP contribution in [0.4, 0.5) is 22.7 Å². The fraction of sp³-hybridized carbons (Fsp3) is 0.0256. The predicted octanol–water partition coefficient (Wildman–Crippen LogP) is 10.0. The molecule has 0 amide bonds. The molecule has 1 heterocycles. The number of nitrogens with zero attached hydrogens (tertiary/aromatic N) is 3. The first-order valence-corrected chi connectivity index (χ1v) is 14.5. The van der Waals surface area contributed by atoms with Crippen LogP contribution in [0, 0.1) is 0 Å². The highest BCUT2D eigenvalue weighted by atomic mass is 15.1. The summed E-state index contributed by atoms with van der Waals surface area (Å²) in [6.45, 7) is 0.555. The van der Waals surface area contributed by atoms with Crippen LogP contribution >= 0.6 is 0 Å². The molecule has 0 bridgehead atoms. The van der Waals surface area contributed by atoms with Gasteiger partial charge < -0.3 is 10.2 Å². The van der Waals surface area contributed by atoms with Crippen LogP contribution in [0.25, 0.3) is 33.2 Å². The number of para-hydroxylation sites is 2. The maximum Gasteiger partial charge on any atom is 0.147 e. The third kappa shape index (κ3) is 5.85. The van der Waals surface area contributed by atoms with Crippen LogP contribution in [-0.4, -0.2) is 9.97 Å². The molecule has 0 aliphatic rings. The zero-order chi connectivity index (χ0) is 28.8. The van der Waals surface area contributed by atoms with Crippen molar-refractivity contribution in [3.05, 3.63) is 170 Å². The van der Waals surface area contributed by atoms with Crippen molar-refractivity contribution in [3.8, 4) is 22.4 Å². The molecule has 0 saturated heterocycles. The highest BCUT2D eigenvalue weighted by Gasteiger charge is 2.12. The first kappa shape index (κ1) is 26.2. The summed E-state index contributed by atoms with van der Waals surface area (Å²) < 4.78 is 0. The minimum atomic E-state index is 0.555. The lowest BCUT2D eigenvalue weighted by molar-refractivity contribution is 0.952. The number of hydrogen-bond donors (Lipinski definition) is 1. The quantitative estimate of drug-likeness (QED) is 0.203. The molecule has 1 N–H and O–H groups in total. The number of benzene rings is 6. The number of nitrogens with one attached hydrogen (secondary N) is 1. The number of hydrogen-bond acceptors (Lipinski definition) is 4. The van der Waals surface area contributed by atoms with Crippen LogP contribution in [0.1, 0.15) is 5.82 Å². The maximum absolute atomic E-state index is 4.83. The van der Waals surface area contributed by atoms with E-state index in [-0.39, 0.29) is 0 Å². The van der Waals surface area contributed by atoms with E-state index in [1.807, 2.05) is 24.4 Å². The van der Waals surface area contributed by atoms with E-state index in [1.54, 1.807) is 0 Å². The van der Waals surface area contributed by atoms with E-state index < -0.39 is 0 Å². The van der Waals surface area contributed by atoms with Crippen molar-refractivity contribution >= 4 is 33.5 Å². The molecule has 0 saturated carbocycles. The second kappa shape index (κ2) is 12.0. The molecule has 4 heteroatoms. The standard InChI is InChI=1S/C39H30N4/c1-3-11-35(12-4-1)43(36-13-5-2-6-14-36)37-23-20-31(21-24-37)30-15-17-32(18-16-30)38-25-26-40-39(42-38)28-41-34-22-19-29-9-7-8-10-33(29)27-34/h1-27,41H,28H2. The molecule has 1 aromatic heterocycles. The molecule has 0 atom stereocenters. The first-order chi connectivity index (χ1) is 21.3. The Morgan fingerprint density at radius 2 is 1.05 bits per heavy atom. The molecule has 6 aromatic carbocycles. The lowest BCUT2D eigenvalue weighted by Crippen LogP contribution is -2.09. The van der Waals surface area contributed by atoms with Gasteiger partial charge in [-0.25, -0.2) is 9.97 Å². The Balaban J connectivity index is 1.07. The average Bonchev–Trinajstić information content (AvgIpc) is 3.09. The summed E-state index contributed by atoms with van der Waals surface area (Å²) >= 11 is 0. The summed E-state index contributed by atoms with van der Waals surface area (Å²) in [7, 11) is 0. The summed E-state index contributed by atoms with van der Waals surface area (Å²) in [5.74, 6) is 0.756. The molecule has 7 rings (SSSR count). The summed E-state index contributed by atoms with van der Waals surface area (Å²) in [4.78, 5) is 11.6. The largest absolute Gasteiger partial charge is 0.378 e. The summed E-state index contributed by atoms with van der Waals surface area (Å²) in [5.41, 5.74) is 8.72. The van der Waals surface area contributed by atoms with Crippen molar-refractivity contribution < 1.29 is 0 Å². The van der Waals surface area contributed by atoms with Crippen molar-refractivity contribution in [1.82, 2.24) is 9.97 Å². The van der Waals surface area contributed by atoms with Crippen LogP contribution in [-0.2, 0) is 6.54 Å². The minimum absolute atomic E-state index is 0.555. The number of fused-ring (bicyclic) bond motifs is 1. The molecule has 7 aromatic rings. The molecular formula is C39H30N4. The van der Waals surface area contributed by atoms with Crippen LogP contribution in [0.5, 0.6) is 0 Å². The van der Waals surface area contributed by atoms with E-state index in [4.69, 9.17) is 4.98 Å². The van der Waals surface area contributed by atoms with Crippen LogP contribution < -0.4 is 10.2 Å². The van der Waals surface area contributed by atoms with E-state index >= 15 is 0 Å². The van der Waals surface area contributed by atoms with Gasteiger partial charge in [-0.05, 0) is 76.5 Å². The Kier molecular flexibility index (Phi) is 7.31. The number of aromatic nitrogens is 2. The summed E-state index contributed by atoms with van der Waals surface area (Å²) in [5, 5.41) is 5.91. The summed E-state index contributed by atoms with van der Waals surface area (Å²) in [6.07, 6.45) is 1.83. The molecule has 0 unspecified atom stereocenters. The van der Waals surface area contributed by atoms with Crippen LogP contribution in [0.2, 0.25) is 0 Å². The predicted molar refractivity (Wildman–Crippen MR) is 179 cm³/mol. The van der Waals surface area contributed by atoms with Gasteiger partial charge in [-0.2, -0.15) is 0 Å².